The van der Waals surface area contributed by atoms with Gasteiger partial charge in [-0.15, -0.1) is 0 Å². The molecule has 0 nitrogen and oxygen atoms in total. The molecule has 0 heterocycles. The van der Waals surface area contributed by atoms with Crippen LogP contribution in [-0.2, 0) is 0 Å². The molecule has 0 fully saturated rings. The van der Waals surface area contributed by atoms with E-state index in [4.69, 9.17) is 0 Å². The molecule has 2 aromatic rings. The van der Waals surface area contributed by atoms with E-state index >= 15 is 0 Å². The summed E-state index contributed by atoms with van der Waals surface area (Å²) in [6.45, 7) is 0. The summed E-state index contributed by atoms with van der Waals surface area (Å²) in [7, 11) is 0. The SMILES string of the molecule is [Se]c1cccc2cccc(Br)c12. The summed E-state index contributed by atoms with van der Waals surface area (Å²) in [4.78, 5) is 0. The van der Waals surface area contributed by atoms with Crippen LogP contribution in [-0.4, -0.2) is 16.0 Å². The number of hydrogen-bond donors (Lipinski definition) is 0. The van der Waals surface area contributed by atoms with Crippen LogP contribution in [0.2, 0.25) is 0 Å². The van der Waals surface area contributed by atoms with Gasteiger partial charge in [0, 0.05) is 0 Å². The molecule has 0 aliphatic carbocycles. The van der Waals surface area contributed by atoms with Gasteiger partial charge in [0.2, 0.25) is 0 Å². The van der Waals surface area contributed by atoms with Crippen molar-refractivity contribution in [2.75, 3.05) is 0 Å². The van der Waals surface area contributed by atoms with Crippen molar-refractivity contribution >= 4 is 47.2 Å². The van der Waals surface area contributed by atoms with Crippen molar-refractivity contribution in [3.05, 3.63) is 40.9 Å². The van der Waals surface area contributed by atoms with Gasteiger partial charge in [-0.05, 0) is 0 Å². The molecule has 0 saturated carbocycles. The van der Waals surface area contributed by atoms with Gasteiger partial charge in [0.1, 0.15) is 0 Å². The first-order valence-corrected chi connectivity index (χ1v) is 5.28. The van der Waals surface area contributed by atoms with Crippen LogP contribution < -0.4 is 4.46 Å². The maximum atomic E-state index is 3.53. The Kier molecular flexibility index (Phi) is 2.22. The summed E-state index contributed by atoms with van der Waals surface area (Å²) in [6.07, 6.45) is 0. The first-order chi connectivity index (χ1) is 5.79. The molecule has 0 aliphatic heterocycles. The van der Waals surface area contributed by atoms with Crippen LogP contribution >= 0.6 is 15.9 Å². The van der Waals surface area contributed by atoms with E-state index in [9.17, 15) is 0 Å². The molecule has 59 valence electrons. The number of rotatable bonds is 0. The van der Waals surface area contributed by atoms with Crippen molar-refractivity contribution in [2.45, 2.75) is 0 Å². The van der Waals surface area contributed by atoms with Gasteiger partial charge in [-0.25, -0.2) is 0 Å². The number of halogens is 1. The van der Waals surface area contributed by atoms with Gasteiger partial charge in [-0.2, -0.15) is 0 Å². The minimum atomic E-state index is 1.15. The fraction of sp³-hybridized carbons (Fsp3) is 0. The van der Waals surface area contributed by atoms with Gasteiger partial charge in [0.15, 0.2) is 0 Å². The van der Waals surface area contributed by atoms with E-state index in [1.54, 1.807) is 0 Å². The Labute approximate surface area is 87.9 Å². The van der Waals surface area contributed by atoms with E-state index in [-0.39, 0.29) is 0 Å². The summed E-state index contributed by atoms with van der Waals surface area (Å²) in [5.74, 6) is 0. The fourth-order valence-electron chi connectivity index (χ4n) is 1.26. The standard InChI is InChI=1S/C10H6BrSe/c11-8-5-1-3-7-4-2-6-9(12)10(7)8/h1-6H. The van der Waals surface area contributed by atoms with Crippen LogP contribution in [0.25, 0.3) is 10.8 Å². The van der Waals surface area contributed by atoms with Crippen molar-refractivity contribution in [1.82, 2.24) is 0 Å². The zero-order valence-electron chi connectivity index (χ0n) is 6.25. The van der Waals surface area contributed by atoms with E-state index < -0.39 is 0 Å². The third kappa shape index (κ3) is 1.31. The zero-order chi connectivity index (χ0) is 8.55. The maximum absolute atomic E-state index is 3.53. The Morgan fingerprint density at radius 2 is 1.67 bits per heavy atom. The molecular formula is C10H6BrSe. The Balaban J connectivity index is 2.96. The second-order valence-corrected chi connectivity index (χ2v) is 4.37. The monoisotopic (exact) mass is 285 g/mol. The normalized spacial score (nSPS) is 10.4. The van der Waals surface area contributed by atoms with E-state index in [1.807, 2.05) is 6.07 Å². The molecule has 0 N–H and O–H groups in total. The molecule has 0 amide bonds. The van der Waals surface area contributed by atoms with Gasteiger partial charge >= 0.3 is 88.0 Å². The van der Waals surface area contributed by atoms with Gasteiger partial charge in [0.25, 0.3) is 0 Å². The van der Waals surface area contributed by atoms with Crippen molar-refractivity contribution in [3.8, 4) is 0 Å². The van der Waals surface area contributed by atoms with Crippen LogP contribution in [0.5, 0.6) is 0 Å². The molecule has 0 bridgehead atoms. The van der Waals surface area contributed by atoms with E-state index in [0.717, 1.165) is 4.47 Å². The molecule has 1 radical (unpaired) electrons. The predicted molar refractivity (Wildman–Crippen MR) is 57.0 cm³/mol. The molecule has 0 saturated heterocycles. The summed E-state index contributed by atoms with van der Waals surface area (Å²) >= 11 is 6.58. The minimum absolute atomic E-state index is 1.15. The topological polar surface area (TPSA) is 0 Å². The Morgan fingerprint density at radius 1 is 1.00 bits per heavy atom. The van der Waals surface area contributed by atoms with E-state index in [1.165, 1.54) is 15.2 Å². The van der Waals surface area contributed by atoms with Crippen LogP contribution in [0.15, 0.2) is 40.9 Å². The van der Waals surface area contributed by atoms with Crippen LogP contribution in [0, 0.1) is 0 Å². The number of benzene rings is 2. The summed E-state index contributed by atoms with van der Waals surface area (Å²) in [5, 5.41) is 2.53. The summed E-state index contributed by atoms with van der Waals surface area (Å²) < 4.78 is 2.34. The third-order valence-corrected chi connectivity index (χ3v) is 3.19. The Bertz CT molecular complexity index is 386. The first kappa shape index (κ1) is 8.30. The number of hydrogen-bond acceptors (Lipinski definition) is 0. The molecular weight excluding hydrogens is 279 g/mol. The molecule has 0 aliphatic rings. The summed E-state index contributed by atoms with van der Waals surface area (Å²) in [5.41, 5.74) is 0. The van der Waals surface area contributed by atoms with Crippen molar-refractivity contribution in [1.29, 1.82) is 0 Å². The van der Waals surface area contributed by atoms with Crippen molar-refractivity contribution < 1.29 is 0 Å². The van der Waals surface area contributed by atoms with E-state index in [0.29, 0.717) is 0 Å². The molecule has 0 unspecified atom stereocenters. The van der Waals surface area contributed by atoms with Crippen molar-refractivity contribution in [2.24, 2.45) is 0 Å². The van der Waals surface area contributed by atoms with Gasteiger partial charge in [0.05, 0.1) is 0 Å². The molecule has 2 rings (SSSR count). The van der Waals surface area contributed by atoms with E-state index in [2.05, 4.69) is 62.3 Å². The Morgan fingerprint density at radius 3 is 2.33 bits per heavy atom. The van der Waals surface area contributed by atoms with Crippen LogP contribution in [0.1, 0.15) is 0 Å². The second kappa shape index (κ2) is 3.21. The molecule has 2 heteroatoms. The zero-order valence-corrected chi connectivity index (χ0v) is 9.55. The summed E-state index contributed by atoms with van der Waals surface area (Å²) in [6, 6.07) is 12.5. The number of fused-ring (bicyclic) bond motifs is 1. The molecule has 0 spiro atoms. The molecule has 0 atom stereocenters. The molecule has 0 aromatic heterocycles. The first-order valence-electron chi connectivity index (χ1n) is 3.63. The second-order valence-electron chi connectivity index (χ2n) is 2.59. The average Bonchev–Trinajstić information content (AvgIpc) is 2.04. The van der Waals surface area contributed by atoms with Gasteiger partial charge in [-0.1, -0.05) is 0 Å². The average molecular weight is 285 g/mol. The van der Waals surface area contributed by atoms with Gasteiger partial charge in [-0.3, -0.25) is 0 Å². The van der Waals surface area contributed by atoms with Crippen LogP contribution in [0.3, 0.4) is 0 Å². The molecule has 12 heavy (non-hydrogen) atoms. The third-order valence-electron chi connectivity index (χ3n) is 1.82. The molecule has 2 aromatic carbocycles. The van der Waals surface area contributed by atoms with Crippen molar-refractivity contribution in [3.63, 3.8) is 0 Å². The van der Waals surface area contributed by atoms with Crippen LogP contribution in [0.4, 0.5) is 0 Å². The quantitative estimate of drug-likeness (QED) is 0.652. The predicted octanol–water partition coefficient (Wildman–Crippen LogP) is 2.40. The fourth-order valence-corrected chi connectivity index (χ4v) is 2.80. The Hall–Kier alpha value is -0.301. The van der Waals surface area contributed by atoms with Gasteiger partial charge < -0.3 is 0 Å².